The molecule has 1 atom stereocenters. The monoisotopic (exact) mass is 276 g/mol. The maximum absolute atomic E-state index is 13.0. The molecule has 0 radical (unpaired) electrons. The van der Waals surface area contributed by atoms with E-state index < -0.39 is 21.9 Å². The van der Waals surface area contributed by atoms with E-state index in [0.717, 1.165) is 12.1 Å². The number of rotatable bonds is 4. The first-order chi connectivity index (χ1) is 7.86. The number of sulfonamides is 1. The molecule has 92 valence electrons. The Morgan fingerprint density at radius 1 is 1.59 bits per heavy atom. The zero-order valence-corrected chi connectivity index (χ0v) is 10.5. The number of halogens is 2. The quantitative estimate of drug-likeness (QED) is 0.915. The average molecular weight is 277 g/mol. The van der Waals surface area contributed by atoms with Crippen molar-refractivity contribution < 1.29 is 12.8 Å². The molecule has 0 aliphatic heterocycles. The lowest BCUT2D eigenvalue weighted by Crippen LogP contribution is -2.32. The lowest BCUT2D eigenvalue weighted by molar-refractivity contribution is 0.560. The molecule has 0 heterocycles. The Kier molecular flexibility index (Phi) is 4.46. The van der Waals surface area contributed by atoms with Gasteiger partial charge < -0.3 is 0 Å². The van der Waals surface area contributed by atoms with Crippen molar-refractivity contribution >= 4 is 21.6 Å². The summed E-state index contributed by atoms with van der Waals surface area (Å²) in [5.41, 5.74) is 0. The molecule has 1 unspecified atom stereocenters. The summed E-state index contributed by atoms with van der Waals surface area (Å²) >= 11 is 5.69. The first-order valence-corrected chi connectivity index (χ1v) is 6.57. The molecule has 17 heavy (non-hydrogen) atoms. The Morgan fingerprint density at radius 2 is 2.24 bits per heavy atom. The minimum absolute atomic E-state index is 0.0200. The van der Waals surface area contributed by atoms with E-state index in [9.17, 15) is 12.8 Å². The molecule has 1 aromatic carbocycles. The fraction of sp³-hybridized carbons (Fsp3) is 0.300. The highest BCUT2D eigenvalue weighted by Crippen LogP contribution is 2.22. The molecule has 1 aromatic rings. The number of benzene rings is 1. The van der Waals surface area contributed by atoms with Crippen LogP contribution in [0, 0.1) is 17.1 Å². The summed E-state index contributed by atoms with van der Waals surface area (Å²) in [5.74, 6) is -0.692. The van der Waals surface area contributed by atoms with Gasteiger partial charge in [0.25, 0.3) is 0 Å². The van der Waals surface area contributed by atoms with E-state index in [0.29, 0.717) is 0 Å². The van der Waals surface area contributed by atoms with Gasteiger partial charge in [0.05, 0.1) is 17.5 Å². The Hall–Kier alpha value is -1.16. The number of nitriles is 1. The molecule has 1 rings (SSSR count). The van der Waals surface area contributed by atoms with Crippen molar-refractivity contribution in [3.63, 3.8) is 0 Å². The molecule has 0 amide bonds. The van der Waals surface area contributed by atoms with Crippen molar-refractivity contribution in [3.05, 3.63) is 29.0 Å². The van der Waals surface area contributed by atoms with Crippen LogP contribution in [0.1, 0.15) is 13.3 Å². The van der Waals surface area contributed by atoms with Gasteiger partial charge in [-0.05, 0) is 25.1 Å². The molecule has 0 spiro atoms. The molecule has 0 saturated heterocycles. The fourth-order valence-electron chi connectivity index (χ4n) is 1.19. The van der Waals surface area contributed by atoms with Crippen LogP contribution in [0.5, 0.6) is 0 Å². The van der Waals surface area contributed by atoms with Crippen LogP contribution in [0.3, 0.4) is 0 Å². The highest BCUT2D eigenvalue weighted by Gasteiger charge is 2.20. The van der Waals surface area contributed by atoms with Crippen LogP contribution in [0.2, 0.25) is 5.02 Å². The van der Waals surface area contributed by atoms with E-state index in [-0.39, 0.29) is 16.3 Å². The standard InChI is InChI=1S/C10H10ClFN2O2S/c1-7(4-5-13)14-17(15,16)10-6-8(12)2-3-9(10)11/h2-3,6-7,14H,4H2,1H3. The van der Waals surface area contributed by atoms with Gasteiger partial charge in [-0.2, -0.15) is 5.26 Å². The summed E-state index contributed by atoms with van der Waals surface area (Å²) < 4.78 is 38.8. The van der Waals surface area contributed by atoms with E-state index in [1.54, 1.807) is 0 Å². The molecule has 0 aliphatic carbocycles. The van der Waals surface area contributed by atoms with Gasteiger partial charge >= 0.3 is 0 Å². The molecule has 1 N–H and O–H groups in total. The lowest BCUT2D eigenvalue weighted by atomic mass is 10.3. The van der Waals surface area contributed by atoms with Crippen LogP contribution in [0.25, 0.3) is 0 Å². The predicted octanol–water partition coefficient (Wildman–Crippen LogP) is 2.06. The van der Waals surface area contributed by atoms with Crippen LogP contribution < -0.4 is 4.72 Å². The van der Waals surface area contributed by atoms with Crippen LogP contribution in [0.15, 0.2) is 23.1 Å². The summed E-state index contributed by atoms with van der Waals surface area (Å²) in [7, 11) is -3.91. The Bertz CT molecular complexity index is 554. The van der Waals surface area contributed by atoms with Crippen LogP contribution in [-0.4, -0.2) is 14.5 Å². The molecule has 0 aliphatic rings. The van der Waals surface area contributed by atoms with Gasteiger partial charge in [-0.1, -0.05) is 11.6 Å². The summed E-state index contributed by atoms with van der Waals surface area (Å²) in [4.78, 5) is -0.330. The first-order valence-electron chi connectivity index (χ1n) is 4.71. The van der Waals surface area contributed by atoms with Crippen molar-refractivity contribution in [2.45, 2.75) is 24.3 Å². The second-order valence-corrected chi connectivity index (χ2v) is 5.55. The normalized spacial score (nSPS) is 13.1. The van der Waals surface area contributed by atoms with Crippen molar-refractivity contribution in [1.82, 2.24) is 4.72 Å². The zero-order valence-electron chi connectivity index (χ0n) is 8.94. The SMILES string of the molecule is CC(CC#N)NS(=O)(=O)c1cc(F)ccc1Cl. The molecule has 0 saturated carbocycles. The molecule has 7 heteroatoms. The van der Waals surface area contributed by atoms with Gasteiger partial charge in [-0.3, -0.25) is 0 Å². The molecular weight excluding hydrogens is 267 g/mol. The van der Waals surface area contributed by atoms with Gasteiger partial charge in [0, 0.05) is 6.04 Å². The van der Waals surface area contributed by atoms with Crippen molar-refractivity contribution in [3.8, 4) is 6.07 Å². The summed E-state index contributed by atoms with van der Waals surface area (Å²) in [5, 5.41) is 8.37. The van der Waals surface area contributed by atoms with Gasteiger partial charge in [0.1, 0.15) is 10.7 Å². The van der Waals surface area contributed by atoms with Crippen molar-refractivity contribution in [1.29, 1.82) is 5.26 Å². The largest absolute Gasteiger partial charge is 0.242 e. The minimum atomic E-state index is -3.91. The number of hydrogen-bond donors (Lipinski definition) is 1. The zero-order chi connectivity index (χ0) is 13.1. The molecule has 4 nitrogen and oxygen atoms in total. The van der Waals surface area contributed by atoms with Crippen molar-refractivity contribution in [2.75, 3.05) is 0 Å². The third kappa shape index (κ3) is 3.66. The summed E-state index contributed by atoms with van der Waals surface area (Å²) in [6.07, 6.45) is 0.0200. The number of nitrogens with zero attached hydrogens (tertiary/aromatic N) is 1. The van der Waals surface area contributed by atoms with E-state index >= 15 is 0 Å². The third-order valence-electron chi connectivity index (χ3n) is 1.94. The van der Waals surface area contributed by atoms with Gasteiger partial charge in [0.2, 0.25) is 10.0 Å². The Labute approximate surface area is 104 Å². The summed E-state index contributed by atoms with van der Waals surface area (Å²) in [6.45, 7) is 1.54. The van der Waals surface area contributed by atoms with E-state index in [2.05, 4.69) is 4.72 Å². The number of nitrogens with one attached hydrogen (secondary N) is 1. The minimum Gasteiger partial charge on any atom is -0.207 e. The lowest BCUT2D eigenvalue weighted by Gasteiger charge is -2.12. The predicted molar refractivity (Wildman–Crippen MR) is 61.4 cm³/mol. The highest BCUT2D eigenvalue weighted by atomic mass is 35.5. The smallest absolute Gasteiger partial charge is 0.207 e. The Balaban J connectivity index is 3.06. The molecule has 0 fully saturated rings. The fourth-order valence-corrected chi connectivity index (χ4v) is 2.94. The number of hydrogen-bond acceptors (Lipinski definition) is 3. The third-order valence-corrected chi connectivity index (χ3v) is 4.01. The van der Waals surface area contributed by atoms with E-state index in [1.165, 1.54) is 13.0 Å². The average Bonchev–Trinajstić information content (AvgIpc) is 2.21. The summed E-state index contributed by atoms with van der Waals surface area (Å²) in [6, 6.07) is 4.34. The molecule has 0 bridgehead atoms. The molecular formula is C10H10ClFN2O2S. The topological polar surface area (TPSA) is 70.0 Å². The van der Waals surface area contributed by atoms with Gasteiger partial charge in [0.15, 0.2) is 0 Å². The highest BCUT2D eigenvalue weighted by molar-refractivity contribution is 7.89. The van der Waals surface area contributed by atoms with Crippen LogP contribution in [0.4, 0.5) is 4.39 Å². The first kappa shape index (κ1) is 13.9. The van der Waals surface area contributed by atoms with Crippen molar-refractivity contribution in [2.24, 2.45) is 0 Å². The van der Waals surface area contributed by atoms with Gasteiger partial charge in [-0.15, -0.1) is 0 Å². The maximum Gasteiger partial charge on any atom is 0.242 e. The molecule has 0 aromatic heterocycles. The van der Waals surface area contributed by atoms with Crippen LogP contribution >= 0.6 is 11.6 Å². The van der Waals surface area contributed by atoms with E-state index in [1.807, 2.05) is 6.07 Å². The van der Waals surface area contributed by atoms with Crippen LogP contribution in [-0.2, 0) is 10.0 Å². The second kappa shape index (κ2) is 5.45. The maximum atomic E-state index is 13.0. The van der Waals surface area contributed by atoms with E-state index in [4.69, 9.17) is 16.9 Å². The second-order valence-electron chi connectivity index (χ2n) is 3.46. The Morgan fingerprint density at radius 3 is 2.82 bits per heavy atom. The van der Waals surface area contributed by atoms with Gasteiger partial charge in [-0.25, -0.2) is 17.5 Å².